The quantitative estimate of drug-likeness (QED) is 0.693. The van der Waals surface area contributed by atoms with E-state index >= 15 is 0 Å². The van der Waals surface area contributed by atoms with Crippen LogP contribution >= 0.6 is 11.8 Å². The molecule has 0 aliphatic rings. The summed E-state index contributed by atoms with van der Waals surface area (Å²) in [5, 5.41) is 12.3. The second-order valence-electron chi connectivity index (χ2n) is 5.67. The van der Waals surface area contributed by atoms with E-state index in [1.165, 1.54) is 13.2 Å². The van der Waals surface area contributed by atoms with Crippen LogP contribution in [0.5, 0.6) is 11.5 Å². The first-order chi connectivity index (χ1) is 12.0. The van der Waals surface area contributed by atoms with E-state index in [1.54, 1.807) is 36.0 Å². The Morgan fingerprint density at radius 1 is 1.28 bits per heavy atom. The molecule has 4 nitrogen and oxygen atoms in total. The molecule has 1 amide bonds. The first-order valence-electron chi connectivity index (χ1n) is 8.03. The fourth-order valence-corrected chi connectivity index (χ4v) is 3.35. The topological polar surface area (TPSA) is 58.6 Å². The summed E-state index contributed by atoms with van der Waals surface area (Å²) in [4.78, 5) is 13.1. The Labute approximate surface area is 151 Å². The van der Waals surface area contributed by atoms with Gasteiger partial charge in [-0.1, -0.05) is 19.1 Å². The summed E-state index contributed by atoms with van der Waals surface area (Å²) in [6.07, 6.45) is 1.11. The molecule has 0 heterocycles. The maximum Gasteiger partial charge on any atom is 0.220 e. The van der Waals surface area contributed by atoms with E-state index in [4.69, 9.17) is 4.74 Å². The van der Waals surface area contributed by atoms with Gasteiger partial charge in [0, 0.05) is 28.7 Å². The van der Waals surface area contributed by atoms with Crippen molar-refractivity contribution in [3.63, 3.8) is 0 Å². The molecule has 1 unspecified atom stereocenters. The van der Waals surface area contributed by atoms with Crippen molar-refractivity contribution in [3.05, 3.63) is 53.8 Å². The highest BCUT2D eigenvalue weighted by Gasteiger charge is 2.11. The molecule has 25 heavy (non-hydrogen) atoms. The van der Waals surface area contributed by atoms with E-state index in [0.29, 0.717) is 12.0 Å². The van der Waals surface area contributed by atoms with Crippen LogP contribution in [0, 0.1) is 5.82 Å². The van der Waals surface area contributed by atoms with Gasteiger partial charge in [0.1, 0.15) is 5.75 Å². The summed E-state index contributed by atoms with van der Waals surface area (Å²) >= 11 is 1.66. The van der Waals surface area contributed by atoms with Crippen molar-refractivity contribution >= 4 is 17.7 Å². The van der Waals surface area contributed by atoms with E-state index in [2.05, 4.69) is 12.2 Å². The van der Waals surface area contributed by atoms with Crippen LogP contribution < -0.4 is 10.1 Å². The van der Waals surface area contributed by atoms with Crippen molar-refractivity contribution in [1.29, 1.82) is 0 Å². The minimum atomic E-state index is -0.437. The molecule has 1 atom stereocenters. The molecule has 0 aliphatic heterocycles. The van der Waals surface area contributed by atoms with Crippen LogP contribution in [0.15, 0.2) is 47.4 Å². The number of benzene rings is 2. The molecule has 2 aromatic carbocycles. The molecule has 2 N–H and O–H groups in total. The van der Waals surface area contributed by atoms with Crippen LogP contribution in [-0.2, 0) is 11.3 Å². The second-order valence-corrected chi connectivity index (χ2v) is 7.18. The summed E-state index contributed by atoms with van der Waals surface area (Å²) in [6.45, 7) is 2.29. The Kier molecular flexibility index (Phi) is 7.13. The van der Waals surface area contributed by atoms with Crippen molar-refractivity contribution < 1.29 is 19.0 Å². The number of amides is 1. The highest BCUT2D eigenvalue weighted by Crippen LogP contribution is 2.27. The van der Waals surface area contributed by atoms with E-state index in [1.807, 2.05) is 12.1 Å². The maximum absolute atomic E-state index is 13.6. The van der Waals surface area contributed by atoms with Crippen molar-refractivity contribution in [2.45, 2.75) is 36.5 Å². The number of nitrogens with one attached hydrogen (secondary N) is 1. The van der Waals surface area contributed by atoms with Gasteiger partial charge in [-0.25, -0.2) is 4.39 Å². The normalized spacial score (nSPS) is 11.8. The molecule has 0 spiro atoms. The van der Waals surface area contributed by atoms with Crippen molar-refractivity contribution in [2.24, 2.45) is 0 Å². The van der Waals surface area contributed by atoms with Crippen LogP contribution in [-0.4, -0.2) is 23.4 Å². The van der Waals surface area contributed by atoms with Crippen molar-refractivity contribution in [1.82, 2.24) is 5.32 Å². The average Bonchev–Trinajstić information content (AvgIpc) is 2.60. The number of ether oxygens (including phenoxy) is 1. The largest absolute Gasteiger partial charge is 0.508 e. The van der Waals surface area contributed by atoms with Gasteiger partial charge in [0.2, 0.25) is 5.91 Å². The molecule has 0 radical (unpaired) electrons. The molecule has 0 aliphatic carbocycles. The standard InChI is InChI=1S/C19H22FNO3S/c1-13(25-16-9-7-15(22)8-10-16)6-11-18(23)21-12-14-4-3-5-17(20)19(14)24-2/h3-5,7-10,13,22H,6,11-12H2,1-2H3,(H,21,23). The van der Waals surface area contributed by atoms with Gasteiger partial charge in [-0.15, -0.1) is 11.8 Å². The minimum absolute atomic E-state index is 0.0792. The highest BCUT2D eigenvalue weighted by molar-refractivity contribution is 7.99. The molecule has 6 heteroatoms. The van der Waals surface area contributed by atoms with E-state index < -0.39 is 5.82 Å². The Morgan fingerprint density at radius 2 is 2.00 bits per heavy atom. The summed E-state index contributed by atoms with van der Waals surface area (Å²) in [7, 11) is 1.41. The number of aromatic hydroxyl groups is 1. The van der Waals surface area contributed by atoms with Gasteiger partial charge in [0.15, 0.2) is 11.6 Å². The van der Waals surface area contributed by atoms with Crippen molar-refractivity contribution in [3.8, 4) is 11.5 Å². The number of phenols is 1. The van der Waals surface area contributed by atoms with Crippen LogP contribution in [0.1, 0.15) is 25.3 Å². The number of carbonyl (C=O) groups excluding carboxylic acids is 1. The number of halogens is 1. The number of rotatable bonds is 8. The van der Waals surface area contributed by atoms with Crippen molar-refractivity contribution in [2.75, 3.05) is 7.11 Å². The summed E-state index contributed by atoms with van der Waals surface area (Å²) < 4.78 is 18.6. The monoisotopic (exact) mass is 363 g/mol. The Hall–Kier alpha value is -2.21. The molecule has 2 rings (SSSR count). The fourth-order valence-electron chi connectivity index (χ4n) is 2.35. The molecule has 0 fully saturated rings. The van der Waals surface area contributed by atoms with Gasteiger partial charge in [-0.3, -0.25) is 4.79 Å². The summed E-state index contributed by atoms with van der Waals surface area (Å²) in [6, 6.07) is 11.6. The molecular formula is C19H22FNO3S. The second kappa shape index (κ2) is 9.32. The van der Waals surface area contributed by atoms with Gasteiger partial charge >= 0.3 is 0 Å². The third kappa shape index (κ3) is 5.98. The molecular weight excluding hydrogens is 341 g/mol. The number of phenolic OH excluding ortho intramolecular Hbond substituents is 1. The molecule has 0 bridgehead atoms. The number of methoxy groups -OCH3 is 1. The van der Waals surface area contributed by atoms with E-state index in [-0.39, 0.29) is 29.2 Å². The zero-order valence-corrected chi connectivity index (χ0v) is 15.1. The molecule has 2 aromatic rings. The lowest BCUT2D eigenvalue weighted by molar-refractivity contribution is -0.121. The number of hydrogen-bond donors (Lipinski definition) is 2. The number of para-hydroxylation sites is 1. The maximum atomic E-state index is 13.6. The molecule has 0 aromatic heterocycles. The lowest BCUT2D eigenvalue weighted by atomic mass is 10.2. The number of thioether (sulfide) groups is 1. The zero-order valence-electron chi connectivity index (χ0n) is 14.3. The third-order valence-electron chi connectivity index (χ3n) is 3.68. The predicted octanol–water partition coefficient (Wildman–Crippen LogP) is 4.12. The first-order valence-corrected chi connectivity index (χ1v) is 8.91. The van der Waals surface area contributed by atoms with Gasteiger partial charge in [-0.05, 0) is 36.8 Å². The molecule has 0 saturated carbocycles. The van der Waals surface area contributed by atoms with Gasteiger partial charge in [0.25, 0.3) is 0 Å². The summed E-state index contributed by atoms with van der Waals surface area (Å²) in [5.41, 5.74) is 0.613. The fraction of sp³-hybridized carbons (Fsp3) is 0.316. The summed E-state index contributed by atoms with van der Waals surface area (Å²) in [5.74, 6) is -0.110. The average molecular weight is 363 g/mol. The first kappa shape index (κ1) is 19.1. The van der Waals surface area contributed by atoms with Gasteiger partial charge in [-0.2, -0.15) is 0 Å². The van der Waals surface area contributed by atoms with Crippen LogP contribution in [0.3, 0.4) is 0 Å². The SMILES string of the molecule is COc1c(F)cccc1CNC(=O)CCC(C)Sc1ccc(O)cc1. The van der Waals surface area contributed by atoms with E-state index in [0.717, 1.165) is 11.3 Å². The van der Waals surface area contributed by atoms with Crippen LogP contribution in [0.4, 0.5) is 4.39 Å². The Balaban J connectivity index is 1.77. The highest BCUT2D eigenvalue weighted by atomic mass is 32.2. The van der Waals surface area contributed by atoms with Crippen LogP contribution in [0.25, 0.3) is 0 Å². The zero-order chi connectivity index (χ0) is 18.2. The molecule has 134 valence electrons. The van der Waals surface area contributed by atoms with Gasteiger partial charge in [0.05, 0.1) is 7.11 Å². The van der Waals surface area contributed by atoms with Gasteiger partial charge < -0.3 is 15.2 Å². The minimum Gasteiger partial charge on any atom is -0.508 e. The van der Waals surface area contributed by atoms with Crippen LogP contribution in [0.2, 0.25) is 0 Å². The Morgan fingerprint density at radius 3 is 2.68 bits per heavy atom. The molecule has 0 saturated heterocycles. The van der Waals surface area contributed by atoms with E-state index in [9.17, 15) is 14.3 Å². The smallest absolute Gasteiger partial charge is 0.220 e. The Bertz CT molecular complexity index is 706. The number of carbonyl (C=O) groups is 1. The lowest BCUT2D eigenvalue weighted by Crippen LogP contribution is -2.23. The number of hydrogen-bond acceptors (Lipinski definition) is 4. The lowest BCUT2D eigenvalue weighted by Gasteiger charge is -2.13. The predicted molar refractivity (Wildman–Crippen MR) is 97.5 cm³/mol. The third-order valence-corrected chi connectivity index (χ3v) is 4.86.